The molecule has 0 fully saturated rings. The lowest BCUT2D eigenvalue weighted by molar-refractivity contribution is 0.347. The molecule has 3 nitrogen and oxygen atoms in total. The van der Waals surface area contributed by atoms with Crippen LogP contribution in [-0.2, 0) is 5.54 Å². The number of hydrogen-bond donors (Lipinski definition) is 0. The fourth-order valence-corrected chi connectivity index (χ4v) is 1.65. The molecule has 0 atom stereocenters. The number of rotatable bonds is 1. The molecule has 0 aliphatic heterocycles. The SMILES string of the molecule is CC(C)(C)n1cc([P+](C)(C)C)nn1. The minimum atomic E-state index is -1.01. The second kappa shape index (κ2) is 3.06. The molecular weight excluding hydrogens is 181 g/mol. The maximum atomic E-state index is 4.22. The van der Waals surface area contributed by atoms with Crippen molar-refractivity contribution in [1.29, 1.82) is 0 Å². The second-order valence-electron chi connectivity index (χ2n) is 5.20. The van der Waals surface area contributed by atoms with Gasteiger partial charge >= 0.3 is 0 Å². The molecule has 13 heavy (non-hydrogen) atoms. The predicted octanol–water partition coefficient (Wildman–Crippen LogP) is 1.57. The normalized spacial score (nSPS) is 13.4. The zero-order chi connectivity index (χ0) is 10.3. The lowest BCUT2D eigenvalue weighted by Gasteiger charge is -2.17. The fraction of sp³-hybridized carbons (Fsp3) is 0.778. The summed E-state index contributed by atoms with van der Waals surface area (Å²) < 4.78 is 1.94. The predicted molar refractivity (Wildman–Crippen MR) is 59.3 cm³/mol. The molecule has 0 saturated carbocycles. The number of nitrogens with zero attached hydrogens (tertiary/aromatic N) is 3. The summed E-state index contributed by atoms with van der Waals surface area (Å²) in [5.74, 6) is 0. The van der Waals surface area contributed by atoms with Crippen molar-refractivity contribution in [3.63, 3.8) is 0 Å². The Bertz CT molecular complexity index is 262. The van der Waals surface area contributed by atoms with Gasteiger partial charge in [0.05, 0.1) is 39.0 Å². The molecule has 1 aromatic heterocycles. The highest BCUT2D eigenvalue weighted by Crippen LogP contribution is 2.43. The van der Waals surface area contributed by atoms with Crippen LogP contribution in [0.25, 0.3) is 0 Å². The molecular formula is C9H19N3P+. The summed E-state index contributed by atoms with van der Waals surface area (Å²) in [5, 5.41) is 8.36. The second-order valence-corrected chi connectivity index (χ2v) is 9.69. The highest BCUT2D eigenvalue weighted by molar-refractivity contribution is 7.80. The van der Waals surface area contributed by atoms with Gasteiger partial charge in [-0.2, -0.15) is 0 Å². The Balaban J connectivity index is 3.01. The van der Waals surface area contributed by atoms with E-state index >= 15 is 0 Å². The van der Waals surface area contributed by atoms with E-state index in [0.29, 0.717) is 0 Å². The molecule has 0 bridgehead atoms. The average molecular weight is 200 g/mol. The van der Waals surface area contributed by atoms with Crippen LogP contribution in [0.1, 0.15) is 20.8 Å². The van der Waals surface area contributed by atoms with Gasteiger partial charge in [-0.15, -0.1) is 0 Å². The molecule has 1 heterocycles. The Kier molecular flexibility index (Phi) is 2.50. The van der Waals surface area contributed by atoms with Gasteiger partial charge in [-0.3, -0.25) is 0 Å². The Morgan fingerprint density at radius 2 is 1.77 bits per heavy atom. The van der Waals surface area contributed by atoms with E-state index in [2.05, 4.69) is 57.3 Å². The third kappa shape index (κ3) is 2.50. The van der Waals surface area contributed by atoms with Crippen LogP contribution in [0.2, 0.25) is 0 Å². The topological polar surface area (TPSA) is 30.7 Å². The maximum absolute atomic E-state index is 4.22. The van der Waals surface area contributed by atoms with Crippen molar-refractivity contribution in [3.8, 4) is 0 Å². The third-order valence-corrected chi connectivity index (χ3v) is 3.44. The summed E-state index contributed by atoms with van der Waals surface area (Å²) in [6, 6.07) is 0. The first-order valence-electron chi connectivity index (χ1n) is 4.46. The number of hydrogen-bond acceptors (Lipinski definition) is 2. The van der Waals surface area contributed by atoms with Gasteiger partial charge in [-0.1, -0.05) is 10.3 Å². The minimum Gasteiger partial charge on any atom is -0.243 e. The summed E-state index contributed by atoms with van der Waals surface area (Å²) in [7, 11) is -1.01. The van der Waals surface area contributed by atoms with Gasteiger partial charge in [0.15, 0.2) is 0 Å². The van der Waals surface area contributed by atoms with Crippen molar-refractivity contribution in [3.05, 3.63) is 6.20 Å². The maximum Gasteiger partial charge on any atom is 0.220 e. The highest BCUT2D eigenvalue weighted by atomic mass is 31.2. The van der Waals surface area contributed by atoms with E-state index in [9.17, 15) is 0 Å². The van der Waals surface area contributed by atoms with Crippen LogP contribution >= 0.6 is 7.26 Å². The van der Waals surface area contributed by atoms with Crippen molar-refractivity contribution in [2.24, 2.45) is 0 Å². The van der Waals surface area contributed by atoms with Gasteiger partial charge in [0, 0.05) is 0 Å². The van der Waals surface area contributed by atoms with Gasteiger partial charge in [0.1, 0.15) is 0 Å². The third-order valence-electron chi connectivity index (χ3n) is 1.86. The van der Waals surface area contributed by atoms with E-state index in [1.165, 1.54) is 0 Å². The molecule has 0 radical (unpaired) electrons. The summed E-state index contributed by atoms with van der Waals surface area (Å²) in [5.41, 5.74) is 1.20. The van der Waals surface area contributed by atoms with Crippen LogP contribution in [0, 0.1) is 0 Å². The average Bonchev–Trinajstić information content (AvgIpc) is 2.28. The van der Waals surface area contributed by atoms with Crippen LogP contribution in [0.3, 0.4) is 0 Å². The molecule has 0 aliphatic carbocycles. The van der Waals surface area contributed by atoms with E-state index in [1.807, 2.05) is 4.68 Å². The first kappa shape index (κ1) is 10.6. The van der Waals surface area contributed by atoms with E-state index in [-0.39, 0.29) is 5.54 Å². The van der Waals surface area contributed by atoms with Crippen LogP contribution in [0.5, 0.6) is 0 Å². The molecule has 0 spiro atoms. The van der Waals surface area contributed by atoms with Gasteiger partial charge in [-0.05, 0) is 20.8 Å². The van der Waals surface area contributed by atoms with Crippen molar-refractivity contribution in [2.45, 2.75) is 26.3 Å². The molecule has 1 rings (SSSR count). The fourth-order valence-electron chi connectivity index (χ4n) is 0.890. The highest BCUT2D eigenvalue weighted by Gasteiger charge is 2.27. The summed E-state index contributed by atoms with van der Waals surface area (Å²) in [4.78, 5) is 0. The molecule has 74 valence electrons. The zero-order valence-corrected chi connectivity index (χ0v) is 10.3. The summed E-state index contributed by atoms with van der Waals surface area (Å²) in [6.07, 6.45) is 2.08. The molecule has 0 saturated heterocycles. The Labute approximate surface area is 80.9 Å². The molecule has 0 amide bonds. The van der Waals surface area contributed by atoms with Crippen molar-refractivity contribution < 1.29 is 0 Å². The van der Waals surface area contributed by atoms with Crippen molar-refractivity contribution >= 4 is 12.7 Å². The molecule has 1 aromatic rings. The van der Waals surface area contributed by atoms with Crippen molar-refractivity contribution in [1.82, 2.24) is 15.0 Å². The quantitative estimate of drug-likeness (QED) is 0.644. The van der Waals surface area contributed by atoms with E-state index in [0.717, 1.165) is 5.44 Å². The first-order chi connectivity index (χ1) is 5.71. The van der Waals surface area contributed by atoms with E-state index in [4.69, 9.17) is 0 Å². The van der Waals surface area contributed by atoms with E-state index < -0.39 is 7.26 Å². The summed E-state index contributed by atoms with van der Waals surface area (Å²) in [6.45, 7) is 13.2. The molecule has 0 N–H and O–H groups in total. The van der Waals surface area contributed by atoms with Gasteiger partial charge in [-0.25, -0.2) is 4.68 Å². The largest absolute Gasteiger partial charge is 0.243 e. The minimum absolute atomic E-state index is 0.0421. The van der Waals surface area contributed by atoms with Gasteiger partial charge in [0.2, 0.25) is 5.44 Å². The van der Waals surface area contributed by atoms with Crippen LogP contribution in [0.15, 0.2) is 6.20 Å². The zero-order valence-electron chi connectivity index (χ0n) is 9.37. The summed E-state index contributed by atoms with van der Waals surface area (Å²) >= 11 is 0. The van der Waals surface area contributed by atoms with E-state index in [1.54, 1.807) is 0 Å². The lowest BCUT2D eigenvalue weighted by atomic mass is 10.1. The number of aromatic nitrogens is 3. The molecule has 0 unspecified atom stereocenters. The van der Waals surface area contributed by atoms with Gasteiger partial charge in [0.25, 0.3) is 0 Å². The standard InChI is InChI=1S/C9H19N3P/c1-9(2,3)12-7-8(10-11-12)13(4,5)6/h7H,1-6H3/q+1. The molecule has 4 heteroatoms. The van der Waals surface area contributed by atoms with Crippen molar-refractivity contribution in [2.75, 3.05) is 20.0 Å². The van der Waals surface area contributed by atoms with Crippen LogP contribution in [0.4, 0.5) is 0 Å². The molecule has 0 aromatic carbocycles. The molecule has 0 aliphatic rings. The van der Waals surface area contributed by atoms with Crippen LogP contribution in [-0.4, -0.2) is 35.0 Å². The first-order valence-corrected chi connectivity index (χ1v) is 7.59. The van der Waals surface area contributed by atoms with Crippen LogP contribution < -0.4 is 5.44 Å². The Morgan fingerprint density at radius 1 is 1.23 bits per heavy atom. The lowest BCUT2D eigenvalue weighted by Crippen LogP contribution is -2.22. The Morgan fingerprint density at radius 3 is 2.00 bits per heavy atom. The van der Waals surface area contributed by atoms with Gasteiger partial charge < -0.3 is 0 Å². The Hall–Kier alpha value is -0.430. The monoisotopic (exact) mass is 200 g/mol. The smallest absolute Gasteiger partial charge is 0.220 e.